The Kier molecular flexibility index (Phi) is 20.6. The van der Waals surface area contributed by atoms with Crippen LogP contribution in [-0.4, -0.2) is 76.0 Å². The highest BCUT2D eigenvalue weighted by molar-refractivity contribution is 8.00. The standard InChI is InChI=1S/C7H9NO.C7H7NO.C7H7NS.C6H8N2O.C6H6N2O.2C6H4N2O.2C6H4N2S/c3*1-2-4-7-6(3-1)5-9-8-7;3*1-2-4-6-5(3-1)7-8-9-6;1-2-4-6-5(3-1)7-9-8-6;1-2-4-6-5(3-1)7-8-9-6;1-2-4-6-5(3-1)7-9-8-6/h1-4,6-8H,5H2;2*1-4,8H,5H2;1-8H;1-6H;4*1-4H. The molecule has 24 heteroatoms. The number of benzene rings is 6. The van der Waals surface area contributed by atoms with Crippen molar-refractivity contribution in [1.29, 1.82) is 0 Å². The van der Waals surface area contributed by atoms with Gasteiger partial charge < -0.3 is 18.9 Å². The maximum absolute atomic E-state index is 5.06. The number of nitrogens with one attached hydrogen (secondary N) is 5. The predicted octanol–water partition coefficient (Wildman–Crippen LogP) is 11.4. The molecule has 81 heavy (non-hydrogen) atoms. The molecule has 6 unspecified atom stereocenters. The molecular weight excluding hydrogens is 1090 g/mol. The first-order chi connectivity index (χ1) is 40.2. The topological polar surface area (TPSA) is 251 Å². The van der Waals surface area contributed by atoms with Crippen molar-refractivity contribution in [3.63, 3.8) is 0 Å². The Morgan fingerprint density at radius 2 is 1.19 bits per heavy atom. The third-order valence-electron chi connectivity index (χ3n) is 12.1. The number of nitrogens with zero attached hydrogens (tertiary/aromatic N) is 10. The van der Waals surface area contributed by atoms with Crippen LogP contribution in [0.15, 0.2) is 238 Å². The molecule has 410 valence electrons. The normalized spacial score (nSPS) is 20.5. The second-order valence-electron chi connectivity index (χ2n) is 17.6. The third kappa shape index (κ3) is 16.4. The van der Waals surface area contributed by atoms with Gasteiger partial charge in [0.2, 0.25) is 0 Å². The molecule has 5 N–H and O–H groups in total. The number of fused-ring (bicyclic) bond motifs is 9. The summed E-state index contributed by atoms with van der Waals surface area (Å²) in [5.41, 5.74) is 22.4. The second-order valence-corrected chi connectivity index (χ2v) is 19.7. The molecule has 10 aromatic rings. The SMILES string of the molecule is C1=CC2CONC2C=C1.C1=CC2N=NOC2C=C1.C1=CC2NNOC2C=C1.c1ccc2c(c1)CON2.c1ccc2c(c1)CSN2.c1ccc2nonc2c1.c1ccc2nsnc2c1.c1ccc2onnc2c1.c1ccc2snnc2c1. The van der Waals surface area contributed by atoms with Gasteiger partial charge in [-0.3, -0.25) is 15.2 Å². The molecule has 0 radical (unpaired) electrons. The Morgan fingerprint density at radius 1 is 0.543 bits per heavy atom. The van der Waals surface area contributed by atoms with Gasteiger partial charge in [-0.2, -0.15) is 14.2 Å². The van der Waals surface area contributed by atoms with Crippen molar-refractivity contribution in [3.05, 3.63) is 230 Å². The molecule has 9 heterocycles. The van der Waals surface area contributed by atoms with Crippen molar-refractivity contribution >= 4 is 90.0 Å². The molecule has 0 spiro atoms. The average Bonchev–Trinajstić information content (AvgIpc) is 4.39. The Balaban J connectivity index is 0.000000102. The zero-order chi connectivity index (χ0) is 54.9. The van der Waals surface area contributed by atoms with Gasteiger partial charge in [-0.25, -0.2) is 10.1 Å². The van der Waals surface area contributed by atoms with Crippen molar-refractivity contribution in [2.24, 2.45) is 16.3 Å². The van der Waals surface area contributed by atoms with Gasteiger partial charge in [0.25, 0.3) is 0 Å². The Labute approximate surface area is 477 Å². The van der Waals surface area contributed by atoms with Crippen LogP contribution in [0.2, 0.25) is 0 Å². The fourth-order valence-electron chi connectivity index (χ4n) is 7.87. The van der Waals surface area contributed by atoms with E-state index in [0.717, 1.165) is 61.4 Å². The second kappa shape index (κ2) is 30.1. The molecule has 2 fully saturated rings. The summed E-state index contributed by atoms with van der Waals surface area (Å²) < 4.78 is 25.5. The number of allylic oxidation sites excluding steroid dienone is 6. The van der Waals surface area contributed by atoms with Gasteiger partial charge >= 0.3 is 0 Å². The number of para-hydroxylation sites is 3. The molecule has 8 aliphatic rings. The molecule has 2 saturated heterocycles. The average molecular weight is 1140 g/mol. The fourth-order valence-corrected chi connectivity index (χ4v) is 9.79. The molecule has 18 rings (SSSR count). The lowest BCUT2D eigenvalue weighted by atomic mass is 9.98. The lowest BCUT2D eigenvalue weighted by Crippen LogP contribution is -2.31. The number of anilines is 2. The van der Waals surface area contributed by atoms with E-state index >= 15 is 0 Å². The Bertz CT molecular complexity index is 3190. The van der Waals surface area contributed by atoms with E-state index in [0.29, 0.717) is 24.6 Å². The van der Waals surface area contributed by atoms with Crippen LogP contribution < -0.4 is 26.7 Å². The first kappa shape index (κ1) is 55.6. The maximum Gasteiger partial charge on any atom is 0.187 e. The summed E-state index contributed by atoms with van der Waals surface area (Å²) in [7, 11) is 0. The number of hydroxylamine groups is 1. The van der Waals surface area contributed by atoms with E-state index in [9.17, 15) is 0 Å². The van der Waals surface area contributed by atoms with Crippen LogP contribution in [0.4, 0.5) is 11.4 Å². The maximum atomic E-state index is 5.06. The number of hydrazine groups is 1. The van der Waals surface area contributed by atoms with Crippen LogP contribution in [0, 0.1) is 5.92 Å². The van der Waals surface area contributed by atoms with Gasteiger partial charge in [-0.05, 0) is 106 Å². The summed E-state index contributed by atoms with van der Waals surface area (Å²) >= 11 is 4.43. The van der Waals surface area contributed by atoms with Gasteiger partial charge in [0.05, 0.1) is 40.8 Å². The molecule has 5 aliphatic heterocycles. The summed E-state index contributed by atoms with van der Waals surface area (Å²) in [5, 5.41) is 25.5. The molecule has 0 amide bonds. The van der Waals surface area contributed by atoms with Gasteiger partial charge in [-0.15, -0.1) is 20.9 Å². The lowest BCUT2D eigenvalue weighted by Gasteiger charge is -2.10. The number of hydrogen-bond donors (Lipinski definition) is 5. The summed E-state index contributed by atoms with van der Waals surface area (Å²) in [6.45, 7) is 1.50. The van der Waals surface area contributed by atoms with Gasteiger partial charge in [-0.1, -0.05) is 156 Å². The molecular formula is C57H53N15O6S3. The monoisotopic (exact) mass is 1140 g/mol. The molecule has 4 aromatic heterocycles. The highest BCUT2D eigenvalue weighted by atomic mass is 32.2. The molecule has 0 saturated carbocycles. The van der Waals surface area contributed by atoms with E-state index in [-0.39, 0.29) is 18.2 Å². The molecule has 3 aliphatic carbocycles. The van der Waals surface area contributed by atoms with Crippen molar-refractivity contribution in [2.75, 3.05) is 16.8 Å². The summed E-state index contributed by atoms with van der Waals surface area (Å²) in [4.78, 5) is 19.9. The Morgan fingerprint density at radius 3 is 1.91 bits per heavy atom. The first-order valence-electron chi connectivity index (χ1n) is 25.4. The van der Waals surface area contributed by atoms with E-state index in [1.807, 2.05) is 164 Å². The third-order valence-corrected chi connectivity index (χ3v) is 14.2. The minimum Gasteiger partial charge on any atom is -0.369 e. The van der Waals surface area contributed by atoms with Gasteiger partial charge in [0, 0.05) is 33.5 Å². The summed E-state index contributed by atoms with van der Waals surface area (Å²) in [6.07, 6.45) is 24.5. The molecule has 6 atom stereocenters. The molecule has 6 aromatic carbocycles. The van der Waals surface area contributed by atoms with Crippen LogP contribution in [0.25, 0.3) is 43.4 Å². The summed E-state index contributed by atoms with van der Waals surface area (Å²) in [5.74, 6) is 1.67. The van der Waals surface area contributed by atoms with Gasteiger partial charge in [0.1, 0.15) is 51.9 Å². The smallest absolute Gasteiger partial charge is 0.187 e. The highest BCUT2D eigenvalue weighted by Gasteiger charge is 2.26. The van der Waals surface area contributed by atoms with E-state index in [1.54, 1.807) is 11.9 Å². The van der Waals surface area contributed by atoms with Crippen molar-refractivity contribution in [3.8, 4) is 0 Å². The molecule has 0 bridgehead atoms. The van der Waals surface area contributed by atoms with Crippen molar-refractivity contribution in [1.82, 2.24) is 55.5 Å². The largest absolute Gasteiger partial charge is 0.369 e. The van der Waals surface area contributed by atoms with Crippen LogP contribution >= 0.6 is 35.2 Å². The zero-order valence-corrected chi connectivity index (χ0v) is 45.5. The zero-order valence-electron chi connectivity index (χ0n) is 43.0. The van der Waals surface area contributed by atoms with E-state index < -0.39 is 0 Å². The highest BCUT2D eigenvalue weighted by Crippen LogP contribution is 2.29. The van der Waals surface area contributed by atoms with Gasteiger partial charge in [0.15, 0.2) is 11.7 Å². The fraction of sp³-hybridized carbons (Fsp3) is 0.158. The minimum absolute atomic E-state index is 0.0648. The lowest BCUT2D eigenvalue weighted by molar-refractivity contribution is 0.0477. The minimum atomic E-state index is 0.0648. The van der Waals surface area contributed by atoms with E-state index in [2.05, 4.69) is 135 Å². The first-order valence-corrected chi connectivity index (χ1v) is 27.9. The van der Waals surface area contributed by atoms with Crippen LogP contribution in [0.1, 0.15) is 11.1 Å². The van der Waals surface area contributed by atoms with Crippen LogP contribution in [-0.2, 0) is 31.7 Å². The van der Waals surface area contributed by atoms with Crippen molar-refractivity contribution < 1.29 is 28.5 Å². The molecule has 21 nitrogen and oxygen atoms in total. The number of aromatic nitrogens is 8. The van der Waals surface area contributed by atoms with Crippen LogP contribution in [0.5, 0.6) is 0 Å². The number of hydrogen-bond acceptors (Lipinski definition) is 24. The predicted molar refractivity (Wildman–Crippen MR) is 314 cm³/mol. The Hall–Kier alpha value is -8.69. The summed E-state index contributed by atoms with van der Waals surface area (Å²) in [6, 6.07) is 48.0. The number of rotatable bonds is 0. The van der Waals surface area contributed by atoms with Crippen molar-refractivity contribution in [2.45, 2.75) is 42.7 Å². The van der Waals surface area contributed by atoms with E-state index in [4.69, 9.17) is 23.9 Å². The quantitative estimate of drug-likeness (QED) is 0.0885. The van der Waals surface area contributed by atoms with Crippen LogP contribution in [0.3, 0.4) is 0 Å². The van der Waals surface area contributed by atoms with E-state index in [1.165, 1.54) is 40.1 Å².